The van der Waals surface area contributed by atoms with E-state index in [2.05, 4.69) is 4.90 Å². The molecule has 1 aromatic rings. The first kappa shape index (κ1) is 13.1. The molecular formula is C12H16ClFN2S. The molecule has 0 bridgehead atoms. The zero-order chi connectivity index (χ0) is 12.3. The van der Waals surface area contributed by atoms with Gasteiger partial charge in [0.25, 0.3) is 0 Å². The second-order valence-electron chi connectivity index (χ2n) is 4.04. The lowest BCUT2D eigenvalue weighted by Crippen LogP contribution is -2.40. The highest BCUT2D eigenvalue weighted by molar-refractivity contribution is 7.99. The number of thioether (sulfide) groups is 1. The number of rotatable bonds is 3. The summed E-state index contributed by atoms with van der Waals surface area (Å²) in [6, 6.07) is 4.69. The van der Waals surface area contributed by atoms with Crippen LogP contribution in [0.1, 0.15) is 11.6 Å². The smallest absolute Gasteiger partial charge is 0.129 e. The lowest BCUT2D eigenvalue weighted by molar-refractivity contribution is 0.219. The molecule has 1 atom stereocenters. The standard InChI is InChI=1S/C12H16ClFN2S/c13-9-2-1-3-10(14)12(9)11(8-15)16-4-6-17-7-5-16/h1-3,11H,4-8,15H2. The van der Waals surface area contributed by atoms with Crippen molar-refractivity contribution >= 4 is 23.4 Å². The van der Waals surface area contributed by atoms with Gasteiger partial charge in [-0.3, -0.25) is 4.90 Å². The highest BCUT2D eigenvalue weighted by Crippen LogP contribution is 2.30. The summed E-state index contributed by atoms with van der Waals surface area (Å²) < 4.78 is 13.9. The topological polar surface area (TPSA) is 29.3 Å². The largest absolute Gasteiger partial charge is 0.329 e. The van der Waals surface area contributed by atoms with Crippen molar-refractivity contribution in [2.24, 2.45) is 5.73 Å². The average Bonchev–Trinajstić information content (AvgIpc) is 2.35. The van der Waals surface area contributed by atoms with Gasteiger partial charge in [-0.25, -0.2) is 4.39 Å². The van der Waals surface area contributed by atoms with E-state index in [0.29, 0.717) is 17.1 Å². The molecule has 1 heterocycles. The summed E-state index contributed by atoms with van der Waals surface area (Å²) in [6.07, 6.45) is 0. The fraction of sp³-hybridized carbons (Fsp3) is 0.500. The van der Waals surface area contributed by atoms with Gasteiger partial charge in [-0.15, -0.1) is 0 Å². The molecule has 1 saturated heterocycles. The molecule has 1 aromatic carbocycles. The molecule has 2 N–H and O–H groups in total. The van der Waals surface area contributed by atoms with Gasteiger partial charge in [0.05, 0.1) is 6.04 Å². The van der Waals surface area contributed by atoms with E-state index in [-0.39, 0.29) is 11.9 Å². The van der Waals surface area contributed by atoms with E-state index in [1.807, 2.05) is 11.8 Å². The molecule has 17 heavy (non-hydrogen) atoms. The fourth-order valence-electron chi connectivity index (χ4n) is 2.17. The third-order valence-corrected chi connectivity index (χ3v) is 4.31. The quantitative estimate of drug-likeness (QED) is 0.918. The van der Waals surface area contributed by atoms with Gasteiger partial charge in [0.15, 0.2) is 0 Å². The van der Waals surface area contributed by atoms with Crippen molar-refractivity contribution in [2.45, 2.75) is 6.04 Å². The molecule has 0 aliphatic carbocycles. The van der Waals surface area contributed by atoms with Crippen molar-refractivity contribution in [3.63, 3.8) is 0 Å². The maximum Gasteiger partial charge on any atom is 0.129 e. The highest BCUT2D eigenvalue weighted by Gasteiger charge is 2.25. The SMILES string of the molecule is NCC(c1c(F)cccc1Cl)N1CCSCC1. The summed E-state index contributed by atoms with van der Waals surface area (Å²) in [7, 11) is 0. The third-order valence-electron chi connectivity index (χ3n) is 3.04. The number of hydrogen-bond donors (Lipinski definition) is 1. The third kappa shape index (κ3) is 2.94. The summed E-state index contributed by atoms with van der Waals surface area (Å²) >= 11 is 8.02. The highest BCUT2D eigenvalue weighted by atomic mass is 35.5. The van der Waals surface area contributed by atoms with Crippen LogP contribution in [0.4, 0.5) is 4.39 Å². The fourth-order valence-corrected chi connectivity index (χ4v) is 3.39. The Balaban J connectivity index is 2.27. The molecule has 1 unspecified atom stereocenters. The Morgan fingerprint density at radius 3 is 2.71 bits per heavy atom. The minimum absolute atomic E-state index is 0.107. The van der Waals surface area contributed by atoms with E-state index in [1.54, 1.807) is 12.1 Å². The zero-order valence-corrected chi connectivity index (χ0v) is 11.1. The van der Waals surface area contributed by atoms with E-state index >= 15 is 0 Å². The minimum Gasteiger partial charge on any atom is -0.329 e. The maximum atomic E-state index is 13.9. The predicted octanol–water partition coefficient (Wildman–Crippen LogP) is 2.53. The first-order chi connectivity index (χ1) is 8.24. The lowest BCUT2D eigenvalue weighted by Gasteiger charge is -2.34. The molecule has 0 saturated carbocycles. The average molecular weight is 275 g/mol. The summed E-state index contributed by atoms with van der Waals surface area (Å²) in [5, 5.41) is 0.471. The molecule has 0 aromatic heterocycles. The van der Waals surface area contributed by atoms with Gasteiger partial charge in [-0.1, -0.05) is 17.7 Å². The van der Waals surface area contributed by atoms with E-state index in [0.717, 1.165) is 24.6 Å². The van der Waals surface area contributed by atoms with Gasteiger partial charge in [0, 0.05) is 41.7 Å². The van der Waals surface area contributed by atoms with Crippen LogP contribution in [0.5, 0.6) is 0 Å². The monoisotopic (exact) mass is 274 g/mol. The van der Waals surface area contributed by atoms with Crippen LogP contribution in [-0.2, 0) is 0 Å². The number of halogens is 2. The molecule has 0 radical (unpaired) electrons. The van der Waals surface area contributed by atoms with Crippen LogP contribution in [0.25, 0.3) is 0 Å². The van der Waals surface area contributed by atoms with Crippen LogP contribution in [0, 0.1) is 5.82 Å². The molecule has 1 aliphatic rings. The molecule has 2 rings (SSSR count). The van der Waals surface area contributed by atoms with Crippen LogP contribution in [0.2, 0.25) is 5.02 Å². The van der Waals surface area contributed by atoms with Crippen molar-refractivity contribution in [1.29, 1.82) is 0 Å². The zero-order valence-electron chi connectivity index (χ0n) is 9.53. The van der Waals surface area contributed by atoms with Gasteiger partial charge in [-0.2, -0.15) is 11.8 Å². The Kier molecular flexibility index (Phi) is 4.68. The second-order valence-corrected chi connectivity index (χ2v) is 5.67. The minimum atomic E-state index is -0.258. The van der Waals surface area contributed by atoms with Crippen molar-refractivity contribution < 1.29 is 4.39 Å². The molecule has 94 valence electrons. The van der Waals surface area contributed by atoms with Crippen molar-refractivity contribution in [3.8, 4) is 0 Å². The van der Waals surface area contributed by atoms with Crippen molar-refractivity contribution in [3.05, 3.63) is 34.6 Å². The second kappa shape index (κ2) is 6.05. The van der Waals surface area contributed by atoms with E-state index in [4.69, 9.17) is 17.3 Å². The molecular weight excluding hydrogens is 259 g/mol. The summed E-state index contributed by atoms with van der Waals surface area (Å²) in [4.78, 5) is 2.22. The van der Waals surface area contributed by atoms with Gasteiger partial charge >= 0.3 is 0 Å². The van der Waals surface area contributed by atoms with Gasteiger partial charge in [0.2, 0.25) is 0 Å². The first-order valence-corrected chi connectivity index (χ1v) is 7.23. The molecule has 1 fully saturated rings. The van der Waals surface area contributed by atoms with Gasteiger partial charge in [-0.05, 0) is 12.1 Å². The normalized spacial score (nSPS) is 19.2. The molecule has 1 aliphatic heterocycles. The Hall–Kier alpha value is -0.290. The van der Waals surface area contributed by atoms with E-state index in [1.165, 1.54) is 6.07 Å². The van der Waals surface area contributed by atoms with Crippen molar-refractivity contribution in [2.75, 3.05) is 31.1 Å². The van der Waals surface area contributed by atoms with Gasteiger partial charge in [0.1, 0.15) is 5.82 Å². The molecule has 5 heteroatoms. The van der Waals surface area contributed by atoms with Crippen LogP contribution in [-0.4, -0.2) is 36.0 Å². The molecule has 2 nitrogen and oxygen atoms in total. The summed E-state index contributed by atoms with van der Waals surface area (Å²) in [5.41, 5.74) is 6.34. The first-order valence-electron chi connectivity index (χ1n) is 5.70. The van der Waals surface area contributed by atoms with Crippen LogP contribution >= 0.6 is 23.4 Å². The maximum absolute atomic E-state index is 13.9. The summed E-state index contributed by atoms with van der Waals surface area (Å²) in [5.74, 6) is 1.89. The van der Waals surface area contributed by atoms with Crippen LogP contribution < -0.4 is 5.73 Å². The molecule has 0 spiro atoms. The molecule has 0 amide bonds. The Morgan fingerprint density at radius 1 is 1.41 bits per heavy atom. The van der Waals surface area contributed by atoms with Gasteiger partial charge < -0.3 is 5.73 Å². The van der Waals surface area contributed by atoms with Crippen molar-refractivity contribution in [1.82, 2.24) is 4.90 Å². The number of benzene rings is 1. The predicted molar refractivity (Wildman–Crippen MR) is 72.1 cm³/mol. The summed E-state index contributed by atoms with van der Waals surface area (Å²) in [6.45, 7) is 2.28. The number of nitrogens with two attached hydrogens (primary N) is 1. The lowest BCUT2D eigenvalue weighted by atomic mass is 10.0. The van der Waals surface area contributed by atoms with Crippen LogP contribution in [0.15, 0.2) is 18.2 Å². The van der Waals surface area contributed by atoms with E-state index in [9.17, 15) is 4.39 Å². The Morgan fingerprint density at radius 2 is 2.12 bits per heavy atom. The number of nitrogens with zero attached hydrogens (tertiary/aromatic N) is 1. The van der Waals surface area contributed by atoms with Crippen LogP contribution in [0.3, 0.4) is 0 Å². The Labute approximate surface area is 110 Å². The van der Waals surface area contributed by atoms with E-state index < -0.39 is 0 Å². The Bertz CT molecular complexity index is 363. The number of hydrogen-bond acceptors (Lipinski definition) is 3.